The Bertz CT molecular complexity index is 848. The van der Waals surface area contributed by atoms with Crippen LogP contribution in [-0.2, 0) is 25.5 Å². The molecule has 0 heterocycles. The van der Waals surface area contributed by atoms with Crippen LogP contribution < -0.4 is 16.0 Å². The van der Waals surface area contributed by atoms with Gasteiger partial charge in [0.1, 0.15) is 23.7 Å². The van der Waals surface area contributed by atoms with Gasteiger partial charge in [0.25, 0.3) is 0 Å². The molecule has 0 spiro atoms. The van der Waals surface area contributed by atoms with Crippen molar-refractivity contribution in [2.75, 3.05) is 0 Å². The van der Waals surface area contributed by atoms with Crippen LogP contribution in [-0.4, -0.2) is 52.7 Å². The van der Waals surface area contributed by atoms with Gasteiger partial charge in [0, 0.05) is 6.42 Å². The first-order valence-electron chi connectivity index (χ1n) is 12.0. The summed E-state index contributed by atoms with van der Waals surface area (Å²) in [5.41, 5.74) is 0.0604. The van der Waals surface area contributed by atoms with E-state index in [1.807, 2.05) is 58.0 Å². The molecule has 196 valence electrons. The van der Waals surface area contributed by atoms with E-state index in [4.69, 9.17) is 4.74 Å². The number of carbonyl (C=O) groups is 4. The van der Waals surface area contributed by atoms with Crippen LogP contribution in [0.5, 0.6) is 0 Å². The highest BCUT2D eigenvalue weighted by atomic mass is 16.6. The Morgan fingerprint density at radius 3 is 1.77 bits per heavy atom. The summed E-state index contributed by atoms with van der Waals surface area (Å²) in [5.74, 6) is -2.16. The quantitative estimate of drug-likeness (QED) is 0.355. The summed E-state index contributed by atoms with van der Waals surface area (Å²) in [6.45, 7) is 12.7. The third-order valence-corrected chi connectivity index (χ3v) is 4.95. The smallest absolute Gasteiger partial charge is 0.408 e. The van der Waals surface area contributed by atoms with Gasteiger partial charge in [-0.2, -0.15) is 0 Å². The van der Waals surface area contributed by atoms with Crippen molar-refractivity contribution in [1.82, 2.24) is 16.0 Å². The number of nitrogens with one attached hydrogen (secondary N) is 3. The molecule has 1 rings (SSSR count). The zero-order valence-corrected chi connectivity index (χ0v) is 21.9. The highest BCUT2D eigenvalue weighted by molar-refractivity contribution is 5.93. The summed E-state index contributed by atoms with van der Waals surface area (Å²) in [6.07, 6.45) is 0.0112. The van der Waals surface area contributed by atoms with Crippen LogP contribution in [0.2, 0.25) is 0 Å². The Labute approximate surface area is 208 Å². The summed E-state index contributed by atoms with van der Waals surface area (Å²) in [4.78, 5) is 50.3. The molecule has 9 heteroatoms. The van der Waals surface area contributed by atoms with E-state index in [0.29, 0.717) is 6.42 Å². The molecule has 9 nitrogen and oxygen atoms in total. The van der Waals surface area contributed by atoms with Gasteiger partial charge in [-0.1, -0.05) is 58.0 Å². The molecule has 0 aliphatic rings. The van der Waals surface area contributed by atoms with Gasteiger partial charge in [-0.3, -0.25) is 9.59 Å². The molecule has 1 aromatic rings. The predicted octanol–water partition coefficient (Wildman–Crippen LogP) is 3.27. The number of carboxylic acids is 1. The highest BCUT2D eigenvalue weighted by Gasteiger charge is 2.31. The molecular weight excluding hydrogens is 450 g/mol. The molecule has 0 saturated carbocycles. The maximum Gasteiger partial charge on any atom is 0.408 e. The second-order valence-electron chi connectivity index (χ2n) is 10.6. The van der Waals surface area contributed by atoms with Crippen LogP contribution in [0.4, 0.5) is 4.79 Å². The van der Waals surface area contributed by atoms with Gasteiger partial charge >= 0.3 is 12.1 Å². The van der Waals surface area contributed by atoms with Crippen molar-refractivity contribution in [3.05, 3.63) is 35.9 Å². The van der Waals surface area contributed by atoms with Crippen molar-refractivity contribution in [3.63, 3.8) is 0 Å². The maximum absolute atomic E-state index is 13.2. The lowest BCUT2D eigenvalue weighted by molar-refractivity contribution is -0.142. The van der Waals surface area contributed by atoms with E-state index in [0.717, 1.165) is 5.56 Å². The van der Waals surface area contributed by atoms with Crippen molar-refractivity contribution >= 4 is 23.9 Å². The number of amides is 3. The number of rotatable bonds is 12. The molecule has 0 aliphatic carbocycles. The van der Waals surface area contributed by atoms with E-state index in [1.165, 1.54) is 0 Å². The molecule has 0 bridgehead atoms. The Balaban J connectivity index is 3.11. The third kappa shape index (κ3) is 12.2. The molecule has 3 amide bonds. The summed E-state index contributed by atoms with van der Waals surface area (Å²) in [7, 11) is 0. The zero-order valence-electron chi connectivity index (χ0n) is 21.9. The van der Waals surface area contributed by atoms with E-state index >= 15 is 0 Å². The SMILES string of the molecule is CC(C)C[C@H](NC(=O)[C@H](Cc1ccccc1)NC(=O)[C@H](CC(C)C)NC(=O)OC(C)(C)C)C(=O)O. The van der Waals surface area contributed by atoms with Gasteiger partial charge in [0.05, 0.1) is 0 Å². The van der Waals surface area contributed by atoms with Crippen LogP contribution in [0, 0.1) is 11.8 Å². The Morgan fingerprint density at radius 2 is 1.29 bits per heavy atom. The summed E-state index contributed by atoms with van der Waals surface area (Å²) < 4.78 is 5.29. The highest BCUT2D eigenvalue weighted by Crippen LogP contribution is 2.12. The first kappa shape index (κ1) is 29.9. The minimum absolute atomic E-state index is 0.0482. The molecule has 0 aromatic heterocycles. The second kappa shape index (κ2) is 13.7. The average molecular weight is 492 g/mol. The fourth-order valence-corrected chi connectivity index (χ4v) is 3.45. The van der Waals surface area contributed by atoms with Crippen LogP contribution >= 0.6 is 0 Å². The lowest BCUT2D eigenvalue weighted by atomic mass is 10.00. The first-order chi connectivity index (χ1) is 16.2. The molecule has 0 unspecified atom stereocenters. The normalized spacial score (nSPS) is 14.1. The van der Waals surface area contributed by atoms with Gasteiger partial charge in [-0.25, -0.2) is 9.59 Å². The minimum Gasteiger partial charge on any atom is -0.480 e. The van der Waals surface area contributed by atoms with Crippen molar-refractivity contribution in [3.8, 4) is 0 Å². The number of aliphatic carboxylic acids is 1. The van der Waals surface area contributed by atoms with E-state index in [2.05, 4.69) is 16.0 Å². The molecule has 3 atom stereocenters. The molecular formula is C26H41N3O6. The Morgan fingerprint density at radius 1 is 0.800 bits per heavy atom. The third-order valence-electron chi connectivity index (χ3n) is 4.95. The van der Waals surface area contributed by atoms with Crippen LogP contribution in [0.3, 0.4) is 0 Å². The average Bonchev–Trinajstić information content (AvgIpc) is 2.70. The van der Waals surface area contributed by atoms with Gasteiger partial charge in [-0.05, 0) is 51.0 Å². The predicted molar refractivity (Wildman–Crippen MR) is 134 cm³/mol. The standard InChI is InChI=1S/C26H41N3O6/c1-16(2)13-19(29-25(34)35-26(5,6)7)22(30)27-20(15-18-11-9-8-10-12-18)23(31)28-21(24(32)33)14-17(3)4/h8-12,16-17,19-21H,13-15H2,1-7H3,(H,27,30)(H,28,31)(H,29,34)(H,32,33)/t19-,20-,21-/m0/s1. The number of carbonyl (C=O) groups excluding carboxylic acids is 3. The molecule has 4 N–H and O–H groups in total. The van der Waals surface area contributed by atoms with Crippen LogP contribution in [0.25, 0.3) is 0 Å². The second-order valence-corrected chi connectivity index (χ2v) is 10.6. The molecule has 0 fully saturated rings. The molecule has 0 radical (unpaired) electrons. The van der Waals surface area contributed by atoms with Crippen molar-refractivity contribution in [2.24, 2.45) is 11.8 Å². The topological polar surface area (TPSA) is 134 Å². The molecule has 35 heavy (non-hydrogen) atoms. The first-order valence-corrected chi connectivity index (χ1v) is 12.0. The van der Waals surface area contributed by atoms with Crippen molar-refractivity contribution < 1.29 is 29.0 Å². The fourth-order valence-electron chi connectivity index (χ4n) is 3.45. The minimum atomic E-state index is -1.14. The number of carboxylic acid groups (broad SMARTS) is 1. The number of alkyl carbamates (subject to hydrolysis) is 1. The monoisotopic (exact) mass is 491 g/mol. The van der Waals surface area contributed by atoms with E-state index < -0.39 is 47.6 Å². The van der Waals surface area contributed by atoms with E-state index in [-0.39, 0.29) is 24.7 Å². The lowest BCUT2D eigenvalue weighted by Gasteiger charge is -2.27. The summed E-state index contributed by atoms with van der Waals surface area (Å²) >= 11 is 0. The lowest BCUT2D eigenvalue weighted by Crippen LogP contribution is -2.57. The fraction of sp³-hybridized carbons (Fsp3) is 0.615. The maximum atomic E-state index is 13.2. The number of hydrogen-bond donors (Lipinski definition) is 4. The van der Waals surface area contributed by atoms with E-state index in [1.54, 1.807) is 20.8 Å². The van der Waals surface area contributed by atoms with Crippen LogP contribution in [0.1, 0.15) is 66.9 Å². The van der Waals surface area contributed by atoms with E-state index in [9.17, 15) is 24.3 Å². The number of ether oxygens (including phenoxy) is 1. The van der Waals surface area contributed by atoms with Gasteiger partial charge in [0.15, 0.2) is 0 Å². The van der Waals surface area contributed by atoms with Crippen LogP contribution in [0.15, 0.2) is 30.3 Å². The number of benzene rings is 1. The molecule has 0 saturated heterocycles. The Hall–Kier alpha value is -3.10. The van der Waals surface area contributed by atoms with Gasteiger partial charge < -0.3 is 25.8 Å². The number of hydrogen-bond acceptors (Lipinski definition) is 5. The van der Waals surface area contributed by atoms with Gasteiger partial charge in [-0.15, -0.1) is 0 Å². The van der Waals surface area contributed by atoms with Crippen molar-refractivity contribution in [1.29, 1.82) is 0 Å². The largest absolute Gasteiger partial charge is 0.480 e. The zero-order chi connectivity index (χ0) is 26.8. The van der Waals surface area contributed by atoms with Gasteiger partial charge in [0.2, 0.25) is 11.8 Å². The molecule has 1 aromatic carbocycles. The Kier molecular flexibility index (Phi) is 11.7. The molecule has 0 aliphatic heterocycles. The summed E-state index contributed by atoms with van der Waals surface area (Å²) in [5, 5.41) is 17.4. The van der Waals surface area contributed by atoms with Crippen molar-refractivity contribution in [2.45, 2.75) is 91.5 Å². The summed E-state index contributed by atoms with van der Waals surface area (Å²) in [6, 6.07) is 6.07.